The van der Waals surface area contributed by atoms with Gasteiger partial charge in [-0.05, 0) is 25.8 Å². The first-order chi connectivity index (χ1) is 11.1. The molecular formula is C17H27N5O. The third-order valence-electron chi connectivity index (χ3n) is 4.16. The molecule has 0 bridgehead atoms. The summed E-state index contributed by atoms with van der Waals surface area (Å²) in [6, 6.07) is 2.70. The summed E-state index contributed by atoms with van der Waals surface area (Å²) in [5, 5.41) is 8.93. The average molecular weight is 317 g/mol. The third-order valence-corrected chi connectivity index (χ3v) is 4.16. The molecule has 0 spiro atoms. The number of anilines is 1. The van der Waals surface area contributed by atoms with Gasteiger partial charge in [0, 0.05) is 38.2 Å². The zero-order valence-corrected chi connectivity index (χ0v) is 14.7. The van der Waals surface area contributed by atoms with Gasteiger partial charge in [0.05, 0.1) is 18.9 Å². The molecule has 23 heavy (non-hydrogen) atoms. The lowest BCUT2D eigenvalue weighted by Crippen LogP contribution is -2.34. The number of nitriles is 1. The molecule has 1 aliphatic rings. The van der Waals surface area contributed by atoms with Gasteiger partial charge >= 0.3 is 6.01 Å². The minimum absolute atomic E-state index is 0.314. The fourth-order valence-corrected chi connectivity index (χ4v) is 3.02. The summed E-state index contributed by atoms with van der Waals surface area (Å²) in [7, 11) is 3.72. The molecule has 0 saturated carbocycles. The number of ether oxygens (including phenoxy) is 1. The summed E-state index contributed by atoms with van der Waals surface area (Å²) < 4.78 is 5.32. The number of likely N-dealkylation sites (N-methyl/N-ethyl adjacent to an activating group) is 1. The van der Waals surface area contributed by atoms with E-state index in [1.165, 1.54) is 5.56 Å². The Hall–Kier alpha value is -1.87. The van der Waals surface area contributed by atoms with Crippen molar-refractivity contribution < 1.29 is 4.74 Å². The van der Waals surface area contributed by atoms with Gasteiger partial charge in [0.2, 0.25) is 0 Å². The molecule has 1 atom stereocenters. The van der Waals surface area contributed by atoms with E-state index in [1.54, 1.807) is 7.11 Å². The molecule has 0 saturated heterocycles. The van der Waals surface area contributed by atoms with Crippen LogP contribution in [-0.4, -0.2) is 48.7 Å². The van der Waals surface area contributed by atoms with Crippen LogP contribution in [-0.2, 0) is 13.0 Å². The number of rotatable bonds is 7. The Morgan fingerprint density at radius 1 is 1.43 bits per heavy atom. The Morgan fingerprint density at radius 2 is 2.22 bits per heavy atom. The normalized spacial score (nSPS) is 15.6. The van der Waals surface area contributed by atoms with E-state index < -0.39 is 0 Å². The van der Waals surface area contributed by atoms with Crippen LogP contribution in [0.25, 0.3) is 0 Å². The molecule has 0 fully saturated rings. The second kappa shape index (κ2) is 8.11. The summed E-state index contributed by atoms with van der Waals surface area (Å²) in [5.74, 6) is 1.31. The molecule has 0 N–H and O–H groups in total. The number of nitrogens with zero attached hydrogens (tertiary/aromatic N) is 5. The molecule has 6 nitrogen and oxygen atoms in total. The number of fused-ring (bicyclic) bond motifs is 1. The van der Waals surface area contributed by atoms with Crippen molar-refractivity contribution in [2.75, 3.05) is 38.7 Å². The molecule has 1 unspecified atom stereocenters. The van der Waals surface area contributed by atoms with Crippen LogP contribution in [0, 0.1) is 17.2 Å². The molecule has 0 amide bonds. The summed E-state index contributed by atoms with van der Waals surface area (Å²) in [4.78, 5) is 13.8. The van der Waals surface area contributed by atoms with Gasteiger partial charge in [-0.25, -0.2) is 0 Å². The highest BCUT2D eigenvalue weighted by molar-refractivity contribution is 5.51. The van der Waals surface area contributed by atoms with Crippen LogP contribution in [0.1, 0.15) is 37.9 Å². The van der Waals surface area contributed by atoms with Crippen molar-refractivity contribution in [2.24, 2.45) is 5.92 Å². The van der Waals surface area contributed by atoms with Gasteiger partial charge in [0.15, 0.2) is 0 Å². The number of aromatic nitrogens is 2. The molecule has 2 heterocycles. The van der Waals surface area contributed by atoms with Crippen LogP contribution in [0.15, 0.2) is 0 Å². The predicted molar refractivity (Wildman–Crippen MR) is 90.5 cm³/mol. The van der Waals surface area contributed by atoms with Crippen molar-refractivity contribution >= 4 is 5.82 Å². The van der Waals surface area contributed by atoms with Crippen molar-refractivity contribution in [1.29, 1.82) is 5.26 Å². The van der Waals surface area contributed by atoms with Gasteiger partial charge in [-0.3, -0.25) is 0 Å². The van der Waals surface area contributed by atoms with Gasteiger partial charge in [-0.2, -0.15) is 15.2 Å². The van der Waals surface area contributed by atoms with E-state index >= 15 is 0 Å². The maximum Gasteiger partial charge on any atom is 0.318 e. The van der Waals surface area contributed by atoms with Gasteiger partial charge in [-0.1, -0.05) is 13.8 Å². The number of hydrogen-bond acceptors (Lipinski definition) is 6. The molecule has 126 valence electrons. The van der Waals surface area contributed by atoms with Crippen molar-refractivity contribution in [3.05, 3.63) is 11.3 Å². The van der Waals surface area contributed by atoms with E-state index in [2.05, 4.69) is 46.7 Å². The molecule has 0 aromatic carbocycles. The smallest absolute Gasteiger partial charge is 0.318 e. The highest BCUT2D eigenvalue weighted by Gasteiger charge is 2.24. The van der Waals surface area contributed by atoms with E-state index in [1.807, 2.05) is 0 Å². The Bertz CT molecular complexity index is 569. The van der Waals surface area contributed by atoms with Crippen LogP contribution in [0.2, 0.25) is 0 Å². The van der Waals surface area contributed by atoms with E-state index in [-0.39, 0.29) is 0 Å². The van der Waals surface area contributed by atoms with Gasteiger partial charge < -0.3 is 14.5 Å². The monoisotopic (exact) mass is 317 g/mol. The lowest BCUT2D eigenvalue weighted by molar-refractivity contribution is 0.300. The Labute approximate surface area is 139 Å². The largest absolute Gasteiger partial charge is 0.467 e. The molecule has 1 aliphatic heterocycles. The van der Waals surface area contributed by atoms with Crippen LogP contribution >= 0.6 is 0 Å². The first-order valence-electron chi connectivity index (χ1n) is 8.33. The van der Waals surface area contributed by atoms with Crippen molar-refractivity contribution in [3.63, 3.8) is 0 Å². The zero-order valence-electron chi connectivity index (χ0n) is 14.7. The summed E-state index contributed by atoms with van der Waals surface area (Å²) in [6.45, 7) is 7.89. The first-order valence-corrected chi connectivity index (χ1v) is 8.33. The topological polar surface area (TPSA) is 65.3 Å². The molecule has 2 rings (SSSR count). The fourth-order valence-electron chi connectivity index (χ4n) is 3.02. The molecule has 1 aromatic heterocycles. The van der Waals surface area contributed by atoms with E-state index in [0.29, 0.717) is 18.3 Å². The van der Waals surface area contributed by atoms with Crippen molar-refractivity contribution in [2.45, 2.75) is 39.7 Å². The van der Waals surface area contributed by atoms with E-state index in [4.69, 9.17) is 10.00 Å². The summed E-state index contributed by atoms with van der Waals surface area (Å²) in [6.07, 6.45) is 2.56. The second-order valence-corrected chi connectivity index (χ2v) is 6.36. The van der Waals surface area contributed by atoms with Crippen LogP contribution in [0.5, 0.6) is 6.01 Å². The Morgan fingerprint density at radius 3 is 2.87 bits per heavy atom. The highest BCUT2D eigenvalue weighted by Crippen LogP contribution is 2.28. The number of methoxy groups -OCH3 is 1. The van der Waals surface area contributed by atoms with Crippen LogP contribution in [0.4, 0.5) is 5.82 Å². The molecule has 1 aromatic rings. The SMILES string of the molecule is CCCN(CC(C)CC#N)c1nc(OC)nc2c1CCN(C)C2. The summed E-state index contributed by atoms with van der Waals surface area (Å²) in [5.41, 5.74) is 2.30. The quantitative estimate of drug-likeness (QED) is 0.768. The lowest BCUT2D eigenvalue weighted by atomic mass is 10.0. The average Bonchev–Trinajstić information content (AvgIpc) is 2.53. The van der Waals surface area contributed by atoms with E-state index in [0.717, 1.165) is 50.5 Å². The maximum atomic E-state index is 8.93. The van der Waals surface area contributed by atoms with Gasteiger partial charge in [-0.15, -0.1) is 0 Å². The minimum Gasteiger partial charge on any atom is -0.467 e. The molecular weight excluding hydrogens is 290 g/mol. The predicted octanol–water partition coefficient (Wildman–Crippen LogP) is 2.24. The molecule has 0 aliphatic carbocycles. The lowest BCUT2D eigenvalue weighted by Gasteiger charge is -2.32. The highest BCUT2D eigenvalue weighted by atomic mass is 16.5. The second-order valence-electron chi connectivity index (χ2n) is 6.36. The molecule has 0 radical (unpaired) electrons. The minimum atomic E-state index is 0.314. The van der Waals surface area contributed by atoms with Crippen LogP contribution < -0.4 is 9.64 Å². The van der Waals surface area contributed by atoms with Gasteiger partial charge in [0.1, 0.15) is 5.82 Å². The van der Waals surface area contributed by atoms with Crippen LogP contribution in [0.3, 0.4) is 0 Å². The van der Waals surface area contributed by atoms with Crippen molar-refractivity contribution in [1.82, 2.24) is 14.9 Å². The van der Waals surface area contributed by atoms with Crippen molar-refractivity contribution in [3.8, 4) is 12.1 Å². The summed E-state index contributed by atoms with van der Waals surface area (Å²) >= 11 is 0. The third kappa shape index (κ3) is 4.32. The standard InChI is InChI=1S/C17H27N5O/c1-5-9-22(11-13(2)6-8-18)16-14-7-10-21(3)12-15(14)19-17(20-16)23-4/h13H,5-7,9-12H2,1-4H3. The zero-order chi connectivity index (χ0) is 16.8. The Kier molecular flexibility index (Phi) is 6.17. The molecule has 6 heteroatoms. The van der Waals surface area contributed by atoms with E-state index in [9.17, 15) is 0 Å². The number of hydrogen-bond donors (Lipinski definition) is 0. The fraction of sp³-hybridized carbons (Fsp3) is 0.706. The van der Waals surface area contributed by atoms with Gasteiger partial charge in [0.25, 0.3) is 0 Å². The first kappa shape index (κ1) is 17.5. The Balaban J connectivity index is 2.37. The maximum absolute atomic E-state index is 8.93.